The van der Waals surface area contributed by atoms with Crippen molar-refractivity contribution in [1.82, 2.24) is 4.57 Å². The highest BCUT2D eigenvalue weighted by Crippen LogP contribution is 2.68. The van der Waals surface area contributed by atoms with E-state index in [-0.39, 0.29) is 35.1 Å². The molecule has 8 aliphatic rings. The van der Waals surface area contributed by atoms with Gasteiger partial charge in [-0.1, -0.05) is 360 Å². The Morgan fingerprint density at radius 2 is 0.548 bits per heavy atom. The van der Waals surface area contributed by atoms with Gasteiger partial charge in [0.2, 0.25) is 13.4 Å². The molecule has 8 fully saturated rings. The molecular weight excluding hydrogens is 1520 g/mol. The van der Waals surface area contributed by atoms with Crippen LogP contribution < -0.4 is 32.8 Å². The van der Waals surface area contributed by atoms with Crippen LogP contribution >= 0.6 is 0 Å². The van der Waals surface area contributed by atoms with Crippen molar-refractivity contribution < 1.29 is 4.42 Å². The standard InChI is InChI=1S/C64H60BN.C58H55BO/c1-41-29-43(3)61(44(4)30-41)65(62-45(5)31-42(2)32-46(62)6)55-14-12-13-51(34-55)49-19-24-53(25-20-49)63-36-47-33-48(37-63)39-64(38-47,40-63)54-26-21-50(22-27-54)52-23-28-60-58(35-52)57-17-10-11-18-59(57)66(60)56-15-8-7-9-16-56;1-36-24-38(3)55(39(4)25-36)59(56-40(5)26-37(2)27-41(56)6)50-11-9-10-46(29-50)44-14-19-48(20-15-44)57-31-42-28-43(32-57)34-58(33-42,35-57)49-21-16-45(17-22-49)47-18-23-54-52(30-47)51-12-7-8-13-53(51)60-54/h7-32,34-35,47-48H,33,36-40H2,1-6H3;7-27,29-30,42-43H,28,31-35H2,1-6H3. The third-order valence-electron chi connectivity index (χ3n) is 32.1. The fraction of sp³-hybridized carbons (Fsp3) is 0.262. The van der Waals surface area contributed by atoms with Crippen molar-refractivity contribution >= 4 is 89.9 Å². The summed E-state index contributed by atoms with van der Waals surface area (Å²) in [5.74, 6) is 3.20. The fourth-order valence-electron chi connectivity index (χ4n) is 28.2. The Hall–Kier alpha value is -12.0. The van der Waals surface area contributed by atoms with Gasteiger partial charge in [-0.15, -0.1) is 0 Å². The third-order valence-corrected chi connectivity index (χ3v) is 32.1. The Labute approximate surface area is 747 Å². The molecule has 0 radical (unpaired) electrons. The molecule has 4 heteroatoms. The van der Waals surface area contributed by atoms with Crippen molar-refractivity contribution in [2.24, 2.45) is 23.7 Å². The predicted octanol–water partition coefficient (Wildman–Crippen LogP) is 27.4. The maximum Gasteiger partial charge on any atom is 0.242 e. The van der Waals surface area contributed by atoms with E-state index in [1.165, 1.54) is 259 Å². The maximum absolute atomic E-state index is 6.14. The quantitative estimate of drug-likeness (QED) is 0.0936. The largest absolute Gasteiger partial charge is 0.456 e. The number of fused-ring (bicyclic) bond motifs is 6. The molecule has 126 heavy (non-hydrogen) atoms. The van der Waals surface area contributed by atoms with E-state index in [2.05, 4.69) is 391 Å². The highest BCUT2D eigenvalue weighted by Gasteiger charge is 2.60. The van der Waals surface area contributed by atoms with Gasteiger partial charge in [-0.05, 0) is 321 Å². The first-order valence-corrected chi connectivity index (χ1v) is 47.0. The van der Waals surface area contributed by atoms with E-state index < -0.39 is 0 Å². The van der Waals surface area contributed by atoms with Crippen LogP contribution in [0.1, 0.15) is 166 Å². The van der Waals surface area contributed by atoms with Crippen LogP contribution in [0.3, 0.4) is 0 Å². The third kappa shape index (κ3) is 13.8. The summed E-state index contributed by atoms with van der Waals surface area (Å²) in [5, 5.41) is 4.99. The number of nitrogens with zero attached hydrogens (tertiary/aromatic N) is 1. The molecule has 15 aromatic carbocycles. The molecule has 0 N–H and O–H groups in total. The normalized spacial score (nSPS) is 21.4. The fourth-order valence-corrected chi connectivity index (χ4v) is 28.2. The molecule has 8 bridgehead atoms. The molecule has 4 unspecified atom stereocenters. The van der Waals surface area contributed by atoms with Crippen LogP contribution in [0.5, 0.6) is 0 Å². The summed E-state index contributed by atoms with van der Waals surface area (Å²) in [6.07, 6.45) is 16.0. The molecule has 4 atom stereocenters. The number of benzene rings is 15. The molecule has 2 nitrogen and oxygen atoms in total. The molecule has 2 aromatic heterocycles. The molecule has 17 aromatic rings. The zero-order valence-electron chi connectivity index (χ0n) is 75.7. The molecule has 0 spiro atoms. The summed E-state index contributed by atoms with van der Waals surface area (Å²) in [7, 11) is 0. The maximum atomic E-state index is 6.14. The van der Waals surface area contributed by atoms with Gasteiger partial charge in [0.25, 0.3) is 0 Å². The van der Waals surface area contributed by atoms with Gasteiger partial charge < -0.3 is 8.98 Å². The van der Waals surface area contributed by atoms with Crippen LogP contribution in [0.25, 0.3) is 93.9 Å². The Morgan fingerprint density at radius 3 is 0.929 bits per heavy atom. The van der Waals surface area contributed by atoms with Crippen LogP contribution in [0.15, 0.2) is 314 Å². The van der Waals surface area contributed by atoms with Gasteiger partial charge in [0.15, 0.2) is 0 Å². The zero-order valence-corrected chi connectivity index (χ0v) is 75.7. The molecule has 620 valence electrons. The van der Waals surface area contributed by atoms with Crippen LogP contribution in [-0.4, -0.2) is 18.0 Å². The van der Waals surface area contributed by atoms with E-state index in [1.807, 2.05) is 6.07 Å². The first kappa shape index (κ1) is 79.9. The van der Waals surface area contributed by atoms with Crippen molar-refractivity contribution in [3.8, 4) is 50.2 Å². The topological polar surface area (TPSA) is 18.1 Å². The van der Waals surface area contributed by atoms with Gasteiger partial charge in [-0.2, -0.15) is 0 Å². The number of hydrogen-bond acceptors (Lipinski definition) is 1. The van der Waals surface area contributed by atoms with Crippen molar-refractivity contribution in [3.63, 3.8) is 0 Å². The van der Waals surface area contributed by atoms with Crippen molar-refractivity contribution in [3.05, 3.63) is 398 Å². The van der Waals surface area contributed by atoms with E-state index in [4.69, 9.17) is 4.42 Å². The molecule has 8 aliphatic carbocycles. The Morgan fingerprint density at radius 1 is 0.246 bits per heavy atom. The molecule has 8 saturated carbocycles. The minimum absolute atomic E-state index is 0.166. The number of para-hydroxylation sites is 3. The monoisotopic (exact) mass is 1630 g/mol. The van der Waals surface area contributed by atoms with Crippen LogP contribution in [-0.2, 0) is 21.7 Å². The van der Waals surface area contributed by atoms with Crippen LogP contribution in [0.4, 0.5) is 0 Å². The minimum atomic E-state index is 0.166. The van der Waals surface area contributed by atoms with E-state index in [9.17, 15) is 0 Å². The second-order valence-corrected chi connectivity index (χ2v) is 40.9. The lowest BCUT2D eigenvalue weighted by molar-refractivity contribution is -0.0282. The van der Waals surface area contributed by atoms with Crippen molar-refractivity contribution in [2.45, 2.75) is 182 Å². The highest BCUT2D eigenvalue weighted by molar-refractivity contribution is 6.97. The number of hydrogen-bond donors (Lipinski definition) is 0. The van der Waals surface area contributed by atoms with Crippen LogP contribution in [0.2, 0.25) is 0 Å². The van der Waals surface area contributed by atoms with E-state index in [0.29, 0.717) is 0 Å². The summed E-state index contributed by atoms with van der Waals surface area (Å²) >= 11 is 0. The predicted molar refractivity (Wildman–Crippen MR) is 537 cm³/mol. The number of furan rings is 1. The van der Waals surface area contributed by atoms with Gasteiger partial charge in [-0.25, -0.2) is 0 Å². The summed E-state index contributed by atoms with van der Waals surface area (Å²) in [4.78, 5) is 0. The second kappa shape index (κ2) is 31.0. The van der Waals surface area contributed by atoms with E-state index >= 15 is 0 Å². The average Bonchev–Trinajstić information content (AvgIpc) is 1.53. The first-order chi connectivity index (χ1) is 61.1. The molecule has 2 heterocycles. The van der Waals surface area contributed by atoms with Gasteiger partial charge in [0.05, 0.1) is 11.0 Å². The molecular formula is C122H115B2NO. The Bertz CT molecular complexity index is 6920. The van der Waals surface area contributed by atoms with Crippen molar-refractivity contribution in [1.29, 1.82) is 0 Å². The highest BCUT2D eigenvalue weighted by atomic mass is 16.3. The number of rotatable bonds is 15. The summed E-state index contributed by atoms with van der Waals surface area (Å²) in [5.41, 5.74) is 48.0. The van der Waals surface area contributed by atoms with E-state index in [1.54, 1.807) is 22.3 Å². The SMILES string of the molecule is Cc1cc(C)c(B(c2cccc(-c3ccc(C45CC6CC(C4)CC(c4ccc(-c7ccc8c(c7)c7ccccc7n8-c7ccccc7)cc4)(C6)C5)cc3)c2)c2c(C)cc(C)cc2C)c(C)c1.Cc1cc(C)c(B(c2cccc(-c3ccc(C45CC6CC(C4)CC(c4ccc(-c7ccc8oc9ccccc9c8c7)cc4)(C6)C5)cc3)c2)c2c(C)cc(C)cc2C)c(C)c1. The summed E-state index contributed by atoms with van der Waals surface area (Å²) < 4.78 is 8.55. The van der Waals surface area contributed by atoms with Gasteiger partial charge in [-0.3, -0.25) is 0 Å². The Kier molecular flexibility index (Phi) is 19.6. The second-order valence-electron chi connectivity index (χ2n) is 40.9. The van der Waals surface area contributed by atoms with Gasteiger partial charge >= 0.3 is 0 Å². The summed E-state index contributed by atoms with van der Waals surface area (Å²) in [6.45, 7) is 27.7. The zero-order chi connectivity index (χ0) is 85.8. The minimum Gasteiger partial charge on any atom is -0.456 e. The lowest BCUT2D eigenvalue weighted by atomic mass is 9.34. The van der Waals surface area contributed by atoms with Crippen LogP contribution in [0, 0.1) is 107 Å². The van der Waals surface area contributed by atoms with Gasteiger partial charge in [0.1, 0.15) is 11.2 Å². The molecule has 0 saturated heterocycles. The molecule has 25 rings (SSSR count). The number of aromatic nitrogens is 1. The number of aryl methyl sites for hydroxylation is 12. The van der Waals surface area contributed by atoms with E-state index in [0.717, 1.165) is 34.8 Å². The Balaban J connectivity index is 0.000000150. The average molecular weight is 1630 g/mol. The first-order valence-electron chi connectivity index (χ1n) is 47.0. The van der Waals surface area contributed by atoms with Crippen molar-refractivity contribution in [2.75, 3.05) is 0 Å². The lowest BCUT2D eigenvalue weighted by Crippen LogP contribution is -2.56. The lowest BCUT2D eigenvalue weighted by Gasteiger charge is -2.63. The molecule has 0 amide bonds. The van der Waals surface area contributed by atoms with Gasteiger partial charge in [0, 0.05) is 27.2 Å². The molecule has 0 aliphatic heterocycles. The smallest absolute Gasteiger partial charge is 0.242 e. The summed E-state index contributed by atoms with van der Waals surface area (Å²) in [6, 6.07) is 119.